The fourth-order valence-corrected chi connectivity index (χ4v) is 1.71. The number of hydrogen-bond donors (Lipinski definition) is 2. The van der Waals surface area contributed by atoms with E-state index in [-0.39, 0.29) is 18.9 Å². The Morgan fingerprint density at radius 1 is 1.53 bits per heavy atom. The van der Waals surface area contributed by atoms with Crippen LogP contribution in [0.2, 0.25) is 0 Å². The van der Waals surface area contributed by atoms with Gasteiger partial charge in [0.15, 0.2) is 0 Å². The number of pyridine rings is 1. The smallest absolute Gasteiger partial charge is 0.226 e. The van der Waals surface area contributed by atoms with Gasteiger partial charge in [-0.1, -0.05) is 13.0 Å². The summed E-state index contributed by atoms with van der Waals surface area (Å²) >= 11 is 0. The van der Waals surface area contributed by atoms with Crippen molar-refractivity contribution in [2.75, 3.05) is 6.54 Å². The van der Waals surface area contributed by atoms with Crippen LogP contribution in [0.5, 0.6) is 0 Å². The summed E-state index contributed by atoms with van der Waals surface area (Å²) < 4.78 is 1.88. The van der Waals surface area contributed by atoms with Crippen molar-refractivity contribution in [2.24, 2.45) is 0 Å². The molecule has 0 saturated carbocycles. The molecular formula is C14H19N3O2. The molecule has 0 aromatic carbocycles. The van der Waals surface area contributed by atoms with Crippen molar-refractivity contribution >= 4 is 11.6 Å². The number of carbonyl (C=O) groups is 1. The number of imidazole rings is 1. The van der Waals surface area contributed by atoms with Gasteiger partial charge in [-0.2, -0.15) is 0 Å². The number of fused-ring (bicyclic) bond motifs is 1. The highest BCUT2D eigenvalue weighted by Crippen LogP contribution is 2.07. The van der Waals surface area contributed by atoms with Crippen molar-refractivity contribution in [3.8, 4) is 0 Å². The maximum atomic E-state index is 11.8. The highest BCUT2D eigenvalue weighted by molar-refractivity contribution is 5.78. The third-order valence-electron chi connectivity index (χ3n) is 3.18. The normalized spacial score (nSPS) is 14.3. The van der Waals surface area contributed by atoms with Crippen molar-refractivity contribution in [3.63, 3.8) is 0 Å². The van der Waals surface area contributed by atoms with Gasteiger partial charge in [0.2, 0.25) is 5.91 Å². The van der Waals surface area contributed by atoms with Gasteiger partial charge in [-0.15, -0.1) is 0 Å². The number of nitrogens with zero attached hydrogens (tertiary/aromatic N) is 2. The van der Waals surface area contributed by atoms with Crippen molar-refractivity contribution < 1.29 is 9.90 Å². The lowest BCUT2D eigenvalue weighted by molar-refractivity contribution is -0.121. The van der Waals surface area contributed by atoms with Crippen LogP contribution in [0, 0.1) is 0 Å². The fraction of sp³-hybridized carbons (Fsp3) is 0.429. The number of rotatable bonds is 5. The van der Waals surface area contributed by atoms with E-state index in [0.717, 1.165) is 11.3 Å². The minimum atomic E-state index is -0.853. The molecule has 0 bridgehead atoms. The molecule has 1 unspecified atom stereocenters. The fourth-order valence-electron chi connectivity index (χ4n) is 1.71. The Hall–Kier alpha value is -1.88. The third kappa shape index (κ3) is 3.54. The van der Waals surface area contributed by atoms with Crippen LogP contribution >= 0.6 is 0 Å². The Balaban J connectivity index is 1.95. The monoisotopic (exact) mass is 261 g/mol. The highest BCUT2D eigenvalue weighted by atomic mass is 16.3. The van der Waals surface area contributed by atoms with Gasteiger partial charge in [0.05, 0.1) is 17.7 Å². The van der Waals surface area contributed by atoms with E-state index in [1.165, 1.54) is 0 Å². The quantitative estimate of drug-likeness (QED) is 0.848. The van der Waals surface area contributed by atoms with Gasteiger partial charge in [-0.3, -0.25) is 4.79 Å². The first kappa shape index (κ1) is 13.5. The molecule has 0 fully saturated rings. The predicted octanol–water partition coefficient (Wildman–Crippen LogP) is 1.15. The SMILES string of the molecule is CCC(C)(O)CNC(=O)Cc1cn2ccccc2n1. The van der Waals surface area contributed by atoms with E-state index in [2.05, 4.69) is 10.3 Å². The summed E-state index contributed by atoms with van der Waals surface area (Å²) in [5, 5.41) is 12.5. The van der Waals surface area contributed by atoms with E-state index in [9.17, 15) is 9.90 Å². The number of carbonyl (C=O) groups excluding carboxylic acids is 1. The van der Waals surface area contributed by atoms with Crippen LogP contribution in [0.1, 0.15) is 26.0 Å². The molecule has 102 valence electrons. The van der Waals surface area contributed by atoms with Gasteiger partial charge in [0, 0.05) is 18.9 Å². The molecule has 1 amide bonds. The highest BCUT2D eigenvalue weighted by Gasteiger charge is 2.18. The molecule has 19 heavy (non-hydrogen) atoms. The summed E-state index contributed by atoms with van der Waals surface area (Å²) in [5.74, 6) is -0.128. The Morgan fingerprint density at radius 3 is 3.00 bits per heavy atom. The molecular weight excluding hydrogens is 242 g/mol. The molecule has 2 N–H and O–H groups in total. The molecule has 0 aliphatic carbocycles. The molecule has 0 spiro atoms. The lowest BCUT2D eigenvalue weighted by Crippen LogP contribution is -2.40. The van der Waals surface area contributed by atoms with Crippen LogP contribution in [0.3, 0.4) is 0 Å². The maximum absolute atomic E-state index is 11.8. The average molecular weight is 261 g/mol. The van der Waals surface area contributed by atoms with E-state index < -0.39 is 5.60 Å². The minimum Gasteiger partial charge on any atom is -0.388 e. The number of aliphatic hydroxyl groups is 1. The van der Waals surface area contributed by atoms with E-state index >= 15 is 0 Å². The number of aromatic nitrogens is 2. The van der Waals surface area contributed by atoms with E-state index in [4.69, 9.17) is 0 Å². The van der Waals surface area contributed by atoms with Gasteiger partial charge in [0.25, 0.3) is 0 Å². The predicted molar refractivity (Wildman–Crippen MR) is 72.8 cm³/mol. The molecule has 0 aliphatic rings. The Morgan fingerprint density at radius 2 is 2.32 bits per heavy atom. The molecule has 2 aromatic rings. The standard InChI is InChI=1S/C14H19N3O2/c1-3-14(2,19)10-15-13(18)8-11-9-17-7-5-4-6-12(17)16-11/h4-7,9,19H,3,8,10H2,1-2H3,(H,15,18). The van der Waals surface area contributed by atoms with Crippen molar-refractivity contribution in [1.29, 1.82) is 0 Å². The number of amides is 1. The number of nitrogens with one attached hydrogen (secondary N) is 1. The molecule has 0 aliphatic heterocycles. The Labute approximate surface area is 112 Å². The summed E-state index contributed by atoms with van der Waals surface area (Å²) in [4.78, 5) is 16.1. The van der Waals surface area contributed by atoms with Gasteiger partial charge < -0.3 is 14.8 Å². The van der Waals surface area contributed by atoms with Crippen molar-refractivity contribution in [2.45, 2.75) is 32.3 Å². The van der Waals surface area contributed by atoms with Gasteiger partial charge >= 0.3 is 0 Å². The summed E-state index contributed by atoms with van der Waals surface area (Å²) in [6.45, 7) is 3.85. The second-order valence-electron chi connectivity index (χ2n) is 5.00. The zero-order chi connectivity index (χ0) is 13.9. The van der Waals surface area contributed by atoms with Crippen LogP contribution < -0.4 is 5.32 Å². The first-order valence-electron chi connectivity index (χ1n) is 6.42. The zero-order valence-electron chi connectivity index (χ0n) is 11.3. The van der Waals surface area contributed by atoms with Crippen molar-refractivity contribution in [3.05, 3.63) is 36.3 Å². The second kappa shape index (κ2) is 5.40. The van der Waals surface area contributed by atoms with Crippen LogP contribution in [0.15, 0.2) is 30.6 Å². The van der Waals surface area contributed by atoms with Crippen LogP contribution in [-0.4, -0.2) is 32.5 Å². The molecule has 5 heteroatoms. The maximum Gasteiger partial charge on any atom is 0.226 e. The van der Waals surface area contributed by atoms with Gasteiger partial charge in [0.1, 0.15) is 5.65 Å². The van der Waals surface area contributed by atoms with Crippen molar-refractivity contribution in [1.82, 2.24) is 14.7 Å². The molecule has 5 nitrogen and oxygen atoms in total. The number of hydrogen-bond acceptors (Lipinski definition) is 3. The molecule has 2 aromatic heterocycles. The summed E-state index contributed by atoms with van der Waals surface area (Å²) in [6.07, 6.45) is 4.56. The largest absolute Gasteiger partial charge is 0.388 e. The Bertz CT molecular complexity index is 542. The summed E-state index contributed by atoms with van der Waals surface area (Å²) in [5.41, 5.74) is 0.694. The van der Waals surface area contributed by atoms with E-state index in [1.807, 2.05) is 41.9 Å². The molecule has 0 saturated heterocycles. The lowest BCUT2D eigenvalue weighted by atomic mass is 10.0. The third-order valence-corrected chi connectivity index (χ3v) is 3.18. The lowest BCUT2D eigenvalue weighted by Gasteiger charge is -2.21. The van der Waals surface area contributed by atoms with E-state index in [0.29, 0.717) is 6.42 Å². The molecule has 1 atom stereocenters. The van der Waals surface area contributed by atoms with Crippen LogP contribution in [-0.2, 0) is 11.2 Å². The van der Waals surface area contributed by atoms with Gasteiger partial charge in [-0.25, -0.2) is 4.98 Å². The van der Waals surface area contributed by atoms with Gasteiger partial charge in [-0.05, 0) is 25.5 Å². The van der Waals surface area contributed by atoms with Crippen LogP contribution in [0.4, 0.5) is 0 Å². The summed E-state index contributed by atoms with van der Waals surface area (Å²) in [6, 6.07) is 5.71. The molecule has 0 radical (unpaired) electrons. The molecule has 2 rings (SSSR count). The Kier molecular flexibility index (Phi) is 3.85. The molecule has 2 heterocycles. The van der Waals surface area contributed by atoms with E-state index in [1.54, 1.807) is 6.92 Å². The first-order valence-corrected chi connectivity index (χ1v) is 6.42. The first-order chi connectivity index (χ1) is 9.00. The average Bonchev–Trinajstić information content (AvgIpc) is 2.78. The topological polar surface area (TPSA) is 66.6 Å². The zero-order valence-corrected chi connectivity index (χ0v) is 11.3. The minimum absolute atomic E-state index is 0.128. The second-order valence-corrected chi connectivity index (χ2v) is 5.00. The summed E-state index contributed by atoms with van der Waals surface area (Å²) in [7, 11) is 0. The van der Waals surface area contributed by atoms with Crippen LogP contribution in [0.25, 0.3) is 5.65 Å².